The van der Waals surface area contributed by atoms with Crippen molar-refractivity contribution in [1.29, 1.82) is 0 Å². The van der Waals surface area contributed by atoms with Crippen molar-refractivity contribution < 1.29 is 18.4 Å². The second kappa shape index (κ2) is 5.64. The number of para-hydroxylation sites is 1. The number of alkyl halides is 2. The fraction of sp³-hybridized carbons (Fsp3) is 0.375. The molecule has 23 heavy (non-hydrogen) atoms. The number of H-pyrrole nitrogens is 1. The Hall–Kier alpha value is -2.44. The van der Waals surface area contributed by atoms with Crippen LogP contribution in [0.15, 0.2) is 24.3 Å². The molecule has 0 spiro atoms. The predicted octanol–water partition coefficient (Wildman–Crippen LogP) is 3.03. The number of primary amides is 1. The summed E-state index contributed by atoms with van der Waals surface area (Å²) >= 11 is 0. The first-order valence-electron chi connectivity index (χ1n) is 7.46. The van der Waals surface area contributed by atoms with Gasteiger partial charge in [-0.25, -0.2) is 8.78 Å². The van der Waals surface area contributed by atoms with Crippen LogP contribution < -0.4 is 11.1 Å². The van der Waals surface area contributed by atoms with Crippen molar-refractivity contribution in [3.63, 3.8) is 0 Å². The molecule has 1 saturated carbocycles. The summed E-state index contributed by atoms with van der Waals surface area (Å²) in [7, 11) is 0. The Balaban J connectivity index is 1.79. The number of carbonyl (C=O) groups excluding carboxylic acids is 2. The molecule has 2 aromatic rings. The van der Waals surface area contributed by atoms with E-state index in [0.29, 0.717) is 11.2 Å². The Bertz CT molecular complexity index is 760. The molecule has 0 atom stereocenters. The number of amides is 2. The lowest BCUT2D eigenvalue weighted by Gasteiger charge is -2.27. The quantitative estimate of drug-likeness (QED) is 0.811. The first-order valence-corrected chi connectivity index (χ1v) is 7.46. The maximum atomic E-state index is 13.2. The third-order valence-electron chi connectivity index (χ3n) is 4.27. The van der Waals surface area contributed by atoms with Gasteiger partial charge in [0.25, 0.3) is 5.91 Å². The van der Waals surface area contributed by atoms with Gasteiger partial charge in [0.1, 0.15) is 5.69 Å². The van der Waals surface area contributed by atoms with Crippen LogP contribution >= 0.6 is 0 Å². The first kappa shape index (κ1) is 15.5. The average Bonchev–Trinajstić information content (AvgIpc) is 2.92. The molecule has 7 heteroatoms. The Morgan fingerprint density at radius 1 is 1.26 bits per heavy atom. The number of nitrogens with two attached hydrogens (primary N) is 1. The standard InChI is InChI=1S/C16H17F2N3O2/c17-16(18)6-4-9(5-7-16)15(23)21-11-3-1-2-10-8-12(14(19)22)20-13(10)11/h1-3,8-9,20H,4-7H2,(H2,19,22)(H,21,23). The number of hydrogen-bond acceptors (Lipinski definition) is 2. The molecule has 1 aromatic heterocycles. The summed E-state index contributed by atoms with van der Waals surface area (Å²) in [6.45, 7) is 0. The Morgan fingerprint density at radius 2 is 1.96 bits per heavy atom. The zero-order valence-corrected chi connectivity index (χ0v) is 12.4. The van der Waals surface area contributed by atoms with Gasteiger partial charge in [0.2, 0.25) is 11.8 Å². The van der Waals surface area contributed by atoms with Crippen LogP contribution in [0.25, 0.3) is 10.9 Å². The molecule has 0 bridgehead atoms. The number of hydrogen-bond donors (Lipinski definition) is 3. The molecule has 0 unspecified atom stereocenters. The second-order valence-corrected chi connectivity index (χ2v) is 5.94. The lowest BCUT2D eigenvalue weighted by Crippen LogP contribution is -2.31. The summed E-state index contributed by atoms with van der Waals surface area (Å²) in [5, 5.41) is 3.51. The summed E-state index contributed by atoms with van der Waals surface area (Å²) in [5.74, 6) is -3.95. The second-order valence-electron chi connectivity index (χ2n) is 5.94. The summed E-state index contributed by atoms with van der Waals surface area (Å²) in [5.41, 5.74) is 6.60. The zero-order valence-electron chi connectivity index (χ0n) is 12.4. The molecule has 1 aliphatic rings. The van der Waals surface area contributed by atoms with Crippen LogP contribution in [0, 0.1) is 5.92 Å². The lowest BCUT2D eigenvalue weighted by molar-refractivity contribution is -0.124. The van der Waals surface area contributed by atoms with Crippen LogP contribution in [0.1, 0.15) is 36.2 Å². The number of aromatic amines is 1. The SMILES string of the molecule is NC(=O)c1cc2cccc(NC(=O)C3CCC(F)(F)CC3)c2[nH]1. The van der Waals surface area contributed by atoms with Gasteiger partial charge in [0, 0.05) is 24.1 Å². The van der Waals surface area contributed by atoms with Crippen LogP contribution in [-0.2, 0) is 4.79 Å². The minimum absolute atomic E-state index is 0.173. The number of benzene rings is 1. The maximum absolute atomic E-state index is 13.2. The molecule has 122 valence electrons. The van der Waals surface area contributed by atoms with E-state index < -0.39 is 17.7 Å². The lowest BCUT2D eigenvalue weighted by atomic mass is 9.86. The number of nitrogens with one attached hydrogen (secondary N) is 2. The van der Waals surface area contributed by atoms with Gasteiger partial charge in [-0.3, -0.25) is 9.59 Å². The van der Waals surface area contributed by atoms with Crippen molar-refractivity contribution in [1.82, 2.24) is 4.98 Å². The van der Waals surface area contributed by atoms with Crippen molar-refractivity contribution in [2.75, 3.05) is 5.32 Å². The van der Waals surface area contributed by atoms with Gasteiger partial charge in [-0.1, -0.05) is 12.1 Å². The molecule has 1 aliphatic carbocycles. The van der Waals surface area contributed by atoms with Gasteiger partial charge >= 0.3 is 0 Å². The van der Waals surface area contributed by atoms with E-state index in [1.807, 2.05) is 0 Å². The molecule has 2 amide bonds. The van der Waals surface area contributed by atoms with Crippen LogP contribution in [0.4, 0.5) is 14.5 Å². The topological polar surface area (TPSA) is 88.0 Å². The van der Waals surface area contributed by atoms with Crippen LogP contribution in [-0.4, -0.2) is 22.7 Å². The molecule has 4 N–H and O–H groups in total. The highest BCUT2D eigenvalue weighted by Crippen LogP contribution is 2.36. The largest absolute Gasteiger partial charge is 0.364 e. The molecule has 0 aliphatic heterocycles. The Kier molecular flexibility index (Phi) is 3.79. The number of anilines is 1. The van der Waals surface area contributed by atoms with E-state index in [4.69, 9.17) is 5.73 Å². The van der Waals surface area contributed by atoms with E-state index in [-0.39, 0.29) is 37.3 Å². The highest BCUT2D eigenvalue weighted by Gasteiger charge is 2.37. The van der Waals surface area contributed by atoms with Crippen molar-refractivity contribution in [2.45, 2.75) is 31.6 Å². The van der Waals surface area contributed by atoms with E-state index in [2.05, 4.69) is 10.3 Å². The summed E-state index contributed by atoms with van der Waals surface area (Å²) < 4.78 is 26.3. The van der Waals surface area contributed by atoms with Crippen LogP contribution in [0.5, 0.6) is 0 Å². The molecule has 0 saturated heterocycles. The molecule has 1 heterocycles. The van der Waals surface area contributed by atoms with Crippen molar-refractivity contribution in [2.24, 2.45) is 11.7 Å². The summed E-state index contributed by atoms with van der Waals surface area (Å²) in [6.07, 6.45) is -0.175. The van der Waals surface area contributed by atoms with Gasteiger partial charge in [-0.2, -0.15) is 0 Å². The minimum atomic E-state index is -2.66. The van der Waals surface area contributed by atoms with Gasteiger partial charge in [-0.15, -0.1) is 0 Å². The predicted molar refractivity (Wildman–Crippen MR) is 82.4 cm³/mol. The number of aromatic nitrogens is 1. The van der Waals surface area contributed by atoms with Gasteiger partial charge < -0.3 is 16.0 Å². The molecule has 1 fully saturated rings. The van der Waals surface area contributed by atoms with Crippen molar-refractivity contribution in [3.05, 3.63) is 30.0 Å². The molecular weight excluding hydrogens is 304 g/mol. The van der Waals surface area contributed by atoms with Crippen molar-refractivity contribution in [3.8, 4) is 0 Å². The van der Waals surface area contributed by atoms with E-state index in [1.165, 1.54) is 0 Å². The summed E-state index contributed by atoms with van der Waals surface area (Å²) in [4.78, 5) is 26.4. The Morgan fingerprint density at radius 3 is 2.61 bits per heavy atom. The highest BCUT2D eigenvalue weighted by atomic mass is 19.3. The third kappa shape index (κ3) is 3.18. The normalized spacial score (nSPS) is 18.0. The number of rotatable bonds is 3. The monoisotopic (exact) mass is 321 g/mol. The minimum Gasteiger partial charge on any atom is -0.364 e. The van der Waals surface area contributed by atoms with E-state index >= 15 is 0 Å². The van der Waals surface area contributed by atoms with Crippen molar-refractivity contribution >= 4 is 28.4 Å². The van der Waals surface area contributed by atoms with Gasteiger partial charge in [-0.05, 0) is 25.0 Å². The number of fused-ring (bicyclic) bond motifs is 1. The van der Waals surface area contributed by atoms with E-state index in [1.54, 1.807) is 24.3 Å². The Labute approximate surface area is 131 Å². The molecule has 1 aromatic carbocycles. The molecule has 3 rings (SSSR count). The van der Waals surface area contributed by atoms with Gasteiger partial charge in [0.15, 0.2) is 0 Å². The maximum Gasteiger partial charge on any atom is 0.265 e. The van der Waals surface area contributed by atoms with E-state index in [0.717, 1.165) is 5.39 Å². The molecule has 5 nitrogen and oxygen atoms in total. The number of carbonyl (C=O) groups is 2. The smallest absolute Gasteiger partial charge is 0.265 e. The fourth-order valence-electron chi connectivity index (χ4n) is 2.93. The van der Waals surface area contributed by atoms with E-state index in [9.17, 15) is 18.4 Å². The first-order chi connectivity index (χ1) is 10.9. The highest BCUT2D eigenvalue weighted by molar-refractivity contribution is 6.04. The van der Waals surface area contributed by atoms with Gasteiger partial charge in [0.05, 0.1) is 11.2 Å². The fourth-order valence-corrected chi connectivity index (χ4v) is 2.93. The summed E-state index contributed by atoms with van der Waals surface area (Å²) in [6, 6.07) is 6.83. The average molecular weight is 321 g/mol. The zero-order chi connectivity index (χ0) is 16.6. The van der Waals surface area contributed by atoms with Crippen LogP contribution in [0.2, 0.25) is 0 Å². The third-order valence-corrected chi connectivity index (χ3v) is 4.27. The molecular formula is C16H17F2N3O2. The number of halogens is 2. The molecule has 0 radical (unpaired) electrons. The van der Waals surface area contributed by atoms with Crippen LogP contribution in [0.3, 0.4) is 0 Å².